The molecule has 2 heterocycles. The fraction of sp³-hybridized carbons (Fsp3) is 0.733. The Hall–Kier alpha value is -1.57. The number of likely N-dealkylation sites (tertiary alicyclic amines) is 1. The van der Waals surface area contributed by atoms with Crippen molar-refractivity contribution in [1.29, 1.82) is 0 Å². The molecule has 0 aliphatic carbocycles. The summed E-state index contributed by atoms with van der Waals surface area (Å²) in [5.41, 5.74) is 0.955. The smallest absolute Gasteiger partial charge is 0.317 e. The highest BCUT2D eigenvalue weighted by Crippen LogP contribution is 2.18. The summed E-state index contributed by atoms with van der Waals surface area (Å²) in [5.74, 6) is 0.186. The summed E-state index contributed by atoms with van der Waals surface area (Å²) in [5, 5.41) is 7.13. The molecule has 0 radical (unpaired) electrons. The summed E-state index contributed by atoms with van der Waals surface area (Å²) >= 11 is 0. The molecule has 1 aromatic heterocycles. The van der Waals surface area contributed by atoms with Crippen LogP contribution in [0, 0.1) is 5.92 Å². The molecule has 0 spiro atoms. The quantitative estimate of drug-likeness (QED) is 0.877. The first-order valence-corrected chi connectivity index (χ1v) is 10.0. The zero-order valence-corrected chi connectivity index (χ0v) is 14.8. The minimum absolute atomic E-state index is 0.0354. The van der Waals surface area contributed by atoms with Gasteiger partial charge in [-0.2, -0.15) is 5.10 Å². The second-order valence-corrected chi connectivity index (χ2v) is 8.81. The molecule has 0 aromatic carbocycles. The average Bonchev–Trinajstić information content (AvgIpc) is 2.92. The van der Waals surface area contributed by atoms with Crippen LogP contribution in [0.1, 0.15) is 38.3 Å². The number of piperidine rings is 1. The van der Waals surface area contributed by atoms with Crippen molar-refractivity contribution in [2.24, 2.45) is 5.92 Å². The average molecular weight is 342 g/mol. The van der Waals surface area contributed by atoms with Gasteiger partial charge in [0.05, 0.1) is 11.9 Å². The Morgan fingerprint density at radius 1 is 1.48 bits per heavy atom. The molecule has 130 valence electrons. The minimum atomic E-state index is -3.00. The van der Waals surface area contributed by atoms with E-state index in [4.69, 9.17) is 0 Å². The number of sulfone groups is 1. The van der Waals surface area contributed by atoms with Crippen LogP contribution < -0.4 is 5.32 Å². The first kappa shape index (κ1) is 17.8. The van der Waals surface area contributed by atoms with Crippen molar-refractivity contribution in [2.45, 2.75) is 39.3 Å². The summed E-state index contributed by atoms with van der Waals surface area (Å²) in [6.07, 6.45) is 6.63. The number of amides is 2. The number of carbonyl (C=O) groups is 1. The molecule has 1 aromatic rings. The molecule has 2 rings (SSSR count). The Balaban J connectivity index is 1.84. The van der Waals surface area contributed by atoms with Gasteiger partial charge in [0.15, 0.2) is 0 Å². The van der Waals surface area contributed by atoms with Crippen LogP contribution in [0.25, 0.3) is 0 Å². The molecule has 23 heavy (non-hydrogen) atoms. The van der Waals surface area contributed by atoms with Crippen LogP contribution in [0.3, 0.4) is 0 Å². The van der Waals surface area contributed by atoms with Crippen molar-refractivity contribution in [3.8, 4) is 0 Å². The lowest BCUT2D eigenvalue weighted by molar-refractivity contribution is 0.170. The van der Waals surface area contributed by atoms with Crippen LogP contribution in [-0.2, 0) is 16.4 Å². The van der Waals surface area contributed by atoms with Gasteiger partial charge in [-0.1, -0.05) is 0 Å². The lowest BCUT2D eigenvalue weighted by atomic mass is 10.0. The van der Waals surface area contributed by atoms with E-state index in [1.807, 2.05) is 24.7 Å². The Morgan fingerprint density at radius 3 is 2.83 bits per heavy atom. The van der Waals surface area contributed by atoms with Gasteiger partial charge in [-0.15, -0.1) is 0 Å². The Morgan fingerprint density at radius 2 is 2.22 bits per heavy atom. The van der Waals surface area contributed by atoms with Crippen molar-refractivity contribution in [1.82, 2.24) is 20.0 Å². The monoisotopic (exact) mass is 342 g/mol. The molecule has 1 aliphatic heterocycles. The summed E-state index contributed by atoms with van der Waals surface area (Å²) in [6.45, 7) is 5.70. The number of nitrogens with one attached hydrogen (secondary N) is 1. The lowest BCUT2D eigenvalue weighted by Gasteiger charge is -2.32. The molecule has 1 fully saturated rings. The fourth-order valence-electron chi connectivity index (χ4n) is 2.85. The Kier molecular flexibility index (Phi) is 5.67. The van der Waals surface area contributed by atoms with Crippen molar-refractivity contribution in [2.75, 3.05) is 25.1 Å². The van der Waals surface area contributed by atoms with Crippen LogP contribution in [-0.4, -0.2) is 54.2 Å². The highest BCUT2D eigenvalue weighted by atomic mass is 32.2. The molecule has 1 saturated heterocycles. The topological polar surface area (TPSA) is 84.3 Å². The van der Waals surface area contributed by atoms with Gasteiger partial charge in [-0.3, -0.25) is 4.68 Å². The standard InChI is InChI=1S/C15H26N4O3S/c1-12(2)19-10-14(8-17-19)7-16-15(20)18-6-4-5-13(9-18)11-23(3,21)22/h8,10,12-13H,4-7,9,11H2,1-3H3,(H,16,20)/t13-/m0/s1. The number of aromatic nitrogens is 2. The summed E-state index contributed by atoms with van der Waals surface area (Å²) < 4.78 is 24.7. The molecule has 1 atom stereocenters. The maximum Gasteiger partial charge on any atom is 0.317 e. The third kappa shape index (κ3) is 5.53. The molecule has 0 bridgehead atoms. The molecular formula is C15H26N4O3S. The minimum Gasteiger partial charge on any atom is -0.334 e. The van der Waals surface area contributed by atoms with Crippen molar-refractivity contribution in [3.63, 3.8) is 0 Å². The maximum atomic E-state index is 12.3. The zero-order chi connectivity index (χ0) is 17.0. The van der Waals surface area contributed by atoms with E-state index < -0.39 is 9.84 Å². The third-order valence-corrected chi connectivity index (χ3v) is 5.05. The number of hydrogen-bond acceptors (Lipinski definition) is 4. The molecule has 1 N–H and O–H groups in total. The van der Waals surface area contributed by atoms with Gasteiger partial charge < -0.3 is 10.2 Å². The maximum absolute atomic E-state index is 12.3. The first-order valence-electron chi connectivity index (χ1n) is 7.98. The van der Waals surface area contributed by atoms with E-state index in [-0.39, 0.29) is 17.7 Å². The molecule has 0 saturated carbocycles. The second kappa shape index (κ2) is 7.33. The molecule has 7 nitrogen and oxygen atoms in total. The Labute approximate surface area is 138 Å². The number of hydrogen-bond donors (Lipinski definition) is 1. The third-order valence-electron chi connectivity index (χ3n) is 3.97. The van der Waals surface area contributed by atoms with Crippen LogP contribution in [0.15, 0.2) is 12.4 Å². The predicted molar refractivity (Wildman–Crippen MR) is 88.9 cm³/mol. The molecule has 8 heteroatoms. The van der Waals surface area contributed by atoms with Crippen LogP contribution in [0.4, 0.5) is 4.79 Å². The largest absolute Gasteiger partial charge is 0.334 e. The second-order valence-electron chi connectivity index (χ2n) is 6.63. The number of rotatable bonds is 5. The van der Waals surface area contributed by atoms with E-state index in [0.717, 1.165) is 18.4 Å². The van der Waals surface area contributed by atoms with E-state index in [9.17, 15) is 13.2 Å². The van der Waals surface area contributed by atoms with E-state index in [1.54, 1.807) is 11.1 Å². The SMILES string of the molecule is CC(C)n1cc(CNC(=O)N2CCC[C@H](CS(C)(=O)=O)C2)cn1. The summed E-state index contributed by atoms with van der Waals surface area (Å²) in [4.78, 5) is 14.0. The first-order chi connectivity index (χ1) is 10.7. The highest BCUT2D eigenvalue weighted by molar-refractivity contribution is 7.90. The van der Waals surface area contributed by atoms with Gasteiger partial charge >= 0.3 is 6.03 Å². The van der Waals surface area contributed by atoms with Crippen LogP contribution in [0.5, 0.6) is 0 Å². The Bertz CT molecular complexity index is 639. The number of urea groups is 1. The summed E-state index contributed by atoms with van der Waals surface area (Å²) in [6, 6.07) is 0.152. The molecule has 1 aliphatic rings. The van der Waals surface area contributed by atoms with E-state index in [2.05, 4.69) is 10.4 Å². The number of carbonyl (C=O) groups excluding carboxylic acids is 1. The lowest BCUT2D eigenvalue weighted by Crippen LogP contribution is -2.46. The van der Waals surface area contributed by atoms with Crippen LogP contribution in [0.2, 0.25) is 0 Å². The fourth-order valence-corrected chi connectivity index (χ4v) is 3.98. The van der Waals surface area contributed by atoms with Gasteiger partial charge in [0, 0.05) is 43.7 Å². The highest BCUT2D eigenvalue weighted by Gasteiger charge is 2.25. The molecule has 0 unspecified atom stereocenters. The van der Waals surface area contributed by atoms with Crippen LogP contribution >= 0.6 is 0 Å². The van der Waals surface area contributed by atoms with E-state index >= 15 is 0 Å². The van der Waals surface area contributed by atoms with E-state index in [0.29, 0.717) is 25.7 Å². The number of nitrogens with zero attached hydrogens (tertiary/aromatic N) is 3. The summed E-state index contributed by atoms with van der Waals surface area (Å²) in [7, 11) is -3.00. The normalized spacial score (nSPS) is 19.1. The van der Waals surface area contributed by atoms with Gasteiger partial charge in [0.1, 0.15) is 9.84 Å². The zero-order valence-electron chi connectivity index (χ0n) is 14.0. The van der Waals surface area contributed by atoms with Crippen molar-refractivity contribution in [3.05, 3.63) is 18.0 Å². The van der Waals surface area contributed by atoms with Gasteiger partial charge in [0.2, 0.25) is 0 Å². The predicted octanol–water partition coefficient (Wildman–Crippen LogP) is 1.43. The molecule has 2 amide bonds. The van der Waals surface area contributed by atoms with Gasteiger partial charge in [-0.05, 0) is 32.6 Å². The molecular weight excluding hydrogens is 316 g/mol. The van der Waals surface area contributed by atoms with Crippen molar-refractivity contribution >= 4 is 15.9 Å². The van der Waals surface area contributed by atoms with Gasteiger partial charge in [0.25, 0.3) is 0 Å². The van der Waals surface area contributed by atoms with Crippen molar-refractivity contribution < 1.29 is 13.2 Å². The van der Waals surface area contributed by atoms with E-state index in [1.165, 1.54) is 6.26 Å². The van der Waals surface area contributed by atoms with Gasteiger partial charge in [-0.25, -0.2) is 13.2 Å².